The van der Waals surface area contributed by atoms with Crippen LogP contribution in [-0.4, -0.2) is 83.8 Å². The maximum absolute atomic E-state index is 6.81. The molecule has 1 fully saturated rings. The van der Waals surface area contributed by atoms with Crippen LogP contribution in [0, 0.1) is 0 Å². The number of aryl methyl sites for hydroxylation is 1. The zero-order chi connectivity index (χ0) is 25.5. The first-order valence-electron chi connectivity index (χ1n) is 13.1. The molecular weight excluding hydrogens is 464 g/mol. The lowest BCUT2D eigenvalue weighted by Gasteiger charge is -2.33. The molecule has 37 heavy (non-hydrogen) atoms. The molecule has 0 radical (unpaired) electrons. The maximum atomic E-state index is 6.81. The molecule has 2 aliphatic heterocycles. The lowest BCUT2D eigenvalue weighted by molar-refractivity contribution is 0.153. The van der Waals surface area contributed by atoms with Gasteiger partial charge in [-0.2, -0.15) is 4.99 Å². The average Bonchev–Trinajstić information content (AvgIpc) is 3.33. The molecule has 3 aromatic rings. The number of hydrogen-bond donors (Lipinski definition) is 5. The largest absolute Gasteiger partial charge is 0.361 e. The molecule has 10 heteroatoms. The van der Waals surface area contributed by atoms with Gasteiger partial charge in [-0.1, -0.05) is 24.3 Å². The molecule has 0 amide bonds. The number of aliphatic imine (C=N–C) groups is 2. The van der Waals surface area contributed by atoms with Gasteiger partial charge in [0.05, 0.1) is 0 Å². The second-order valence-electron chi connectivity index (χ2n) is 9.94. The number of nitrogens with one attached hydrogen (secondary N) is 4. The van der Waals surface area contributed by atoms with E-state index in [4.69, 9.17) is 10.7 Å². The van der Waals surface area contributed by atoms with Crippen molar-refractivity contribution in [2.75, 3.05) is 46.3 Å². The lowest BCUT2D eigenvalue weighted by atomic mass is 10.1. The SMILES string of the molecule is CN1CCN(CCCNC2=NC(N)(CCc3c[nH]c4ccccc34)NC(NCc3cccnc3)=N2)CC1. The van der Waals surface area contributed by atoms with Crippen LogP contribution in [0.25, 0.3) is 10.9 Å². The number of para-hydroxylation sites is 1. The van der Waals surface area contributed by atoms with Gasteiger partial charge in [0.2, 0.25) is 11.9 Å². The summed E-state index contributed by atoms with van der Waals surface area (Å²) < 4.78 is 0. The van der Waals surface area contributed by atoms with Crippen LogP contribution in [0.2, 0.25) is 0 Å². The van der Waals surface area contributed by atoms with E-state index in [1.807, 2.05) is 24.4 Å². The van der Waals surface area contributed by atoms with E-state index in [0.29, 0.717) is 24.9 Å². The average molecular weight is 503 g/mol. The highest BCUT2D eigenvalue weighted by Gasteiger charge is 2.30. The molecule has 5 rings (SSSR count). The molecule has 0 aliphatic carbocycles. The molecule has 0 spiro atoms. The minimum Gasteiger partial charge on any atom is -0.361 e. The molecule has 1 saturated heterocycles. The van der Waals surface area contributed by atoms with Crippen LogP contribution < -0.4 is 21.7 Å². The number of piperazine rings is 1. The van der Waals surface area contributed by atoms with Crippen LogP contribution in [0.5, 0.6) is 0 Å². The Bertz CT molecular complexity index is 1210. The number of H-pyrrole nitrogens is 1. The predicted molar refractivity (Wildman–Crippen MR) is 149 cm³/mol. The molecule has 2 aliphatic rings. The van der Waals surface area contributed by atoms with E-state index in [0.717, 1.165) is 63.2 Å². The highest BCUT2D eigenvalue weighted by Crippen LogP contribution is 2.21. The van der Waals surface area contributed by atoms with Crippen molar-refractivity contribution in [3.63, 3.8) is 0 Å². The number of benzene rings is 1. The first kappa shape index (κ1) is 25.2. The van der Waals surface area contributed by atoms with Gasteiger partial charge in [0, 0.05) is 75.2 Å². The molecule has 1 aromatic carbocycles. The van der Waals surface area contributed by atoms with Crippen molar-refractivity contribution in [1.82, 2.24) is 35.7 Å². The number of pyridine rings is 1. The summed E-state index contributed by atoms with van der Waals surface area (Å²) in [5, 5.41) is 11.3. The summed E-state index contributed by atoms with van der Waals surface area (Å²) >= 11 is 0. The Morgan fingerprint density at radius 3 is 2.78 bits per heavy atom. The van der Waals surface area contributed by atoms with Crippen LogP contribution in [-0.2, 0) is 13.0 Å². The van der Waals surface area contributed by atoms with Crippen LogP contribution >= 0.6 is 0 Å². The third-order valence-corrected chi connectivity index (χ3v) is 7.02. The molecule has 0 saturated carbocycles. The summed E-state index contributed by atoms with van der Waals surface area (Å²) in [6, 6.07) is 12.3. The number of rotatable bonds is 9. The van der Waals surface area contributed by atoms with Crippen LogP contribution in [0.1, 0.15) is 24.0 Å². The Kier molecular flexibility index (Phi) is 7.98. The zero-order valence-corrected chi connectivity index (χ0v) is 21.6. The number of nitrogens with zero attached hydrogens (tertiary/aromatic N) is 5. The molecule has 2 aromatic heterocycles. The van der Waals surface area contributed by atoms with Crippen molar-refractivity contribution in [2.24, 2.45) is 15.7 Å². The summed E-state index contributed by atoms with van der Waals surface area (Å²) in [7, 11) is 2.18. The smallest absolute Gasteiger partial charge is 0.224 e. The molecule has 0 bridgehead atoms. The summed E-state index contributed by atoms with van der Waals surface area (Å²) in [5.74, 6) is 0.200. The Morgan fingerprint density at radius 1 is 1.08 bits per heavy atom. The van der Waals surface area contributed by atoms with Gasteiger partial charge in [-0.3, -0.25) is 10.7 Å². The maximum Gasteiger partial charge on any atom is 0.224 e. The van der Waals surface area contributed by atoms with E-state index in [2.05, 4.69) is 72.2 Å². The minimum absolute atomic E-state index is 0.562. The van der Waals surface area contributed by atoms with Gasteiger partial charge in [-0.15, -0.1) is 0 Å². The van der Waals surface area contributed by atoms with Crippen molar-refractivity contribution in [1.29, 1.82) is 0 Å². The van der Waals surface area contributed by atoms with Crippen molar-refractivity contribution in [2.45, 2.75) is 31.6 Å². The standard InChI is InChI=1S/C27H38N10/c1-36-14-16-37(17-15-36)13-5-12-30-25-33-26(32-19-21-6-4-11-29-18-21)35-27(28,34-25)10-9-22-20-31-24-8-3-2-7-23(22)24/h2-4,6-8,11,18,20,31H,5,9-10,12-17,19,28H2,1H3,(H3,30,32,33,34,35). The van der Waals surface area contributed by atoms with Gasteiger partial charge >= 0.3 is 0 Å². The number of hydrogen-bond acceptors (Lipinski definition) is 9. The van der Waals surface area contributed by atoms with Gasteiger partial charge < -0.3 is 30.7 Å². The van der Waals surface area contributed by atoms with Gasteiger partial charge in [-0.05, 0) is 49.7 Å². The zero-order valence-electron chi connectivity index (χ0n) is 21.6. The third-order valence-electron chi connectivity index (χ3n) is 7.02. The van der Waals surface area contributed by atoms with Crippen molar-refractivity contribution < 1.29 is 0 Å². The highest BCUT2D eigenvalue weighted by atomic mass is 15.4. The summed E-state index contributed by atoms with van der Waals surface area (Å²) in [4.78, 5) is 21.9. The van der Waals surface area contributed by atoms with E-state index >= 15 is 0 Å². The van der Waals surface area contributed by atoms with E-state index in [1.54, 1.807) is 6.20 Å². The molecule has 196 valence electrons. The molecule has 4 heterocycles. The van der Waals surface area contributed by atoms with Gasteiger partial charge in [0.15, 0.2) is 5.79 Å². The fraction of sp³-hybridized carbons (Fsp3) is 0.444. The summed E-state index contributed by atoms with van der Waals surface area (Å²) in [6.45, 7) is 6.97. The molecule has 6 N–H and O–H groups in total. The normalized spacial score (nSPS) is 20.8. The number of aromatic amines is 1. The topological polar surface area (TPSA) is 122 Å². The van der Waals surface area contributed by atoms with Crippen molar-refractivity contribution in [3.8, 4) is 0 Å². The van der Waals surface area contributed by atoms with Crippen molar-refractivity contribution in [3.05, 3.63) is 66.1 Å². The summed E-state index contributed by atoms with van der Waals surface area (Å²) in [5.41, 5.74) is 10.2. The third kappa shape index (κ3) is 6.85. The monoisotopic (exact) mass is 502 g/mol. The van der Waals surface area contributed by atoms with E-state index in [-0.39, 0.29) is 0 Å². The number of likely N-dealkylation sites (N-methyl/N-ethyl adjacent to an activating group) is 1. The van der Waals surface area contributed by atoms with E-state index in [9.17, 15) is 0 Å². The number of guanidine groups is 2. The first-order chi connectivity index (χ1) is 18.1. The molecular formula is C27H38N10. The minimum atomic E-state index is -0.975. The van der Waals surface area contributed by atoms with Gasteiger partial charge in [-0.25, -0.2) is 4.99 Å². The second kappa shape index (κ2) is 11.7. The van der Waals surface area contributed by atoms with Crippen molar-refractivity contribution >= 4 is 22.8 Å². The molecule has 1 atom stereocenters. The van der Waals surface area contributed by atoms with Crippen LogP contribution in [0.3, 0.4) is 0 Å². The van der Waals surface area contributed by atoms with E-state index < -0.39 is 5.79 Å². The molecule has 1 unspecified atom stereocenters. The summed E-state index contributed by atoms with van der Waals surface area (Å²) in [6.07, 6.45) is 8.10. The van der Waals surface area contributed by atoms with E-state index in [1.165, 1.54) is 10.9 Å². The Balaban J connectivity index is 1.22. The quantitative estimate of drug-likeness (QED) is 0.281. The fourth-order valence-corrected chi connectivity index (χ4v) is 4.79. The predicted octanol–water partition coefficient (Wildman–Crippen LogP) is 1.44. The second-order valence-corrected chi connectivity index (χ2v) is 9.94. The van der Waals surface area contributed by atoms with Gasteiger partial charge in [0.1, 0.15) is 0 Å². The Labute approximate surface area is 218 Å². The number of fused-ring (bicyclic) bond motifs is 1. The first-order valence-corrected chi connectivity index (χ1v) is 13.1. The van der Waals surface area contributed by atoms with Crippen LogP contribution in [0.4, 0.5) is 0 Å². The Morgan fingerprint density at radius 2 is 1.95 bits per heavy atom. The highest BCUT2D eigenvalue weighted by molar-refractivity contribution is 5.97. The van der Waals surface area contributed by atoms with Gasteiger partial charge in [0.25, 0.3) is 0 Å². The fourth-order valence-electron chi connectivity index (χ4n) is 4.79. The Hall–Kier alpha value is -3.47. The molecule has 10 nitrogen and oxygen atoms in total. The van der Waals surface area contributed by atoms with Crippen LogP contribution in [0.15, 0.2) is 65.0 Å². The lowest BCUT2D eigenvalue weighted by Crippen LogP contribution is -2.61. The number of nitrogens with two attached hydrogens (primary N) is 1. The number of aromatic nitrogens is 2.